The molecule has 0 aliphatic carbocycles. The molecule has 26 heavy (non-hydrogen) atoms. The van der Waals surface area contributed by atoms with Gasteiger partial charge in [-0.25, -0.2) is 4.98 Å². The number of non-ortho nitro benzene ring substituents is 1. The van der Waals surface area contributed by atoms with Crippen LogP contribution in [0.4, 0.5) is 17.2 Å². The normalized spacial score (nSPS) is 13.6. The van der Waals surface area contributed by atoms with Gasteiger partial charge in [0.1, 0.15) is 0 Å². The van der Waals surface area contributed by atoms with Gasteiger partial charge in [-0.05, 0) is 37.1 Å². The molecular weight excluding hydrogens is 332 g/mol. The summed E-state index contributed by atoms with van der Waals surface area (Å²) in [4.78, 5) is 16.7. The lowest BCUT2D eigenvalue weighted by molar-refractivity contribution is -0.384. The highest BCUT2D eigenvalue weighted by Gasteiger charge is 2.16. The number of benzene rings is 1. The van der Waals surface area contributed by atoms with Crippen LogP contribution in [0.5, 0.6) is 0 Å². The van der Waals surface area contributed by atoms with Crippen LogP contribution in [0.3, 0.4) is 0 Å². The molecule has 2 aromatic rings. The van der Waals surface area contributed by atoms with Crippen molar-refractivity contribution in [3.8, 4) is 11.8 Å². The molecule has 0 spiro atoms. The standard InChI is InChI=1S/C19H17N4O3/c24-21-18-8-3-11-20-19(18)22-12-9-15(10-13-22)4-1-5-16-6-2-7-17(14-16)23(25)26/h2-4,6-8,11,14,21H,9-10,12-13H2/q-1. The van der Waals surface area contributed by atoms with Gasteiger partial charge in [0.15, 0.2) is 5.82 Å². The van der Waals surface area contributed by atoms with Gasteiger partial charge >= 0.3 is 0 Å². The molecule has 1 aromatic carbocycles. The van der Waals surface area contributed by atoms with Crippen LogP contribution >= 0.6 is 0 Å². The van der Waals surface area contributed by atoms with Crippen molar-refractivity contribution in [2.75, 3.05) is 23.5 Å². The van der Waals surface area contributed by atoms with Crippen LogP contribution in [0.25, 0.3) is 0 Å². The summed E-state index contributed by atoms with van der Waals surface area (Å²) in [6, 6.07) is 9.73. The highest BCUT2D eigenvalue weighted by atomic mass is 16.6. The molecule has 0 saturated carbocycles. The lowest BCUT2D eigenvalue weighted by Crippen LogP contribution is -2.31. The second-order valence-electron chi connectivity index (χ2n) is 5.84. The molecule has 0 bridgehead atoms. The number of anilines is 2. The third-order valence-electron chi connectivity index (χ3n) is 4.15. The minimum Gasteiger partial charge on any atom is -0.761 e. The van der Waals surface area contributed by atoms with E-state index in [2.05, 4.69) is 21.7 Å². The molecule has 1 aliphatic heterocycles. The second kappa shape index (κ2) is 8.14. The third kappa shape index (κ3) is 4.18. The first kappa shape index (κ1) is 17.5. The third-order valence-corrected chi connectivity index (χ3v) is 4.15. The van der Waals surface area contributed by atoms with Crippen molar-refractivity contribution in [3.63, 3.8) is 0 Å². The monoisotopic (exact) mass is 349 g/mol. The van der Waals surface area contributed by atoms with Crippen molar-refractivity contribution in [1.82, 2.24) is 4.98 Å². The zero-order valence-corrected chi connectivity index (χ0v) is 14.0. The lowest BCUT2D eigenvalue weighted by atomic mass is 10.0. The maximum atomic E-state index is 11.0. The number of piperidine rings is 1. The summed E-state index contributed by atoms with van der Waals surface area (Å²) in [7, 11) is 0. The number of nitrogens with zero attached hydrogens (tertiary/aromatic N) is 3. The van der Waals surface area contributed by atoms with Gasteiger partial charge in [-0.15, -0.1) is 0 Å². The second-order valence-corrected chi connectivity index (χ2v) is 5.84. The van der Waals surface area contributed by atoms with Crippen LogP contribution < -0.4 is 10.4 Å². The zero-order chi connectivity index (χ0) is 18.4. The number of hydrogen-bond acceptors (Lipinski definition) is 6. The number of rotatable bonds is 3. The topological polar surface area (TPSA) is 94.4 Å². The maximum absolute atomic E-state index is 11.0. The van der Waals surface area contributed by atoms with E-state index < -0.39 is 4.92 Å². The minimum atomic E-state index is -0.429. The molecule has 1 saturated heterocycles. The van der Waals surface area contributed by atoms with Gasteiger partial charge in [0.25, 0.3) is 5.69 Å². The summed E-state index contributed by atoms with van der Waals surface area (Å²) in [6.45, 7) is 1.52. The number of aromatic nitrogens is 1. The first-order valence-electron chi connectivity index (χ1n) is 8.19. The van der Waals surface area contributed by atoms with Crippen molar-refractivity contribution in [1.29, 1.82) is 0 Å². The van der Waals surface area contributed by atoms with E-state index in [0.29, 0.717) is 17.1 Å². The highest BCUT2D eigenvalue weighted by Crippen LogP contribution is 2.27. The van der Waals surface area contributed by atoms with E-state index in [0.717, 1.165) is 25.9 Å². The van der Waals surface area contributed by atoms with E-state index in [9.17, 15) is 15.3 Å². The SMILES string of the molecule is O=[N+]([O-])c1cccc(C#CC=C2CCN(c3ncccc3N[O-])CC2)c1. The van der Waals surface area contributed by atoms with E-state index in [1.54, 1.807) is 30.5 Å². The number of hydrogen-bond donors (Lipinski definition) is 1. The summed E-state index contributed by atoms with van der Waals surface area (Å²) in [5.41, 5.74) is 4.28. The van der Waals surface area contributed by atoms with E-state index in [1.165, 1.54) is 17.7 Å². The average Bonchev–Trinajstić information content (AvgIpc) is 2.69. The average molecular weight is 349 g/mol. The van der Waals surface area contributed by atoms with Gasteiger partial charge in [0, 0.05) is 37.0 Å². The van der Waals surface area contributed by atoms with Crippen LogP contribution in [0.15, 0.2) is 54.2 Å². The fraction of sp³-hybridized carbons (Fsp3) is 0.211. The Balaban J connectivity index is 1.64. The number of nitro benzene ring substituents is 1. The fourth-order valence-electron chi connectivity index (χ4n) is 2.80. The van der Waals surface area contributed by atoms with E-state index >= 15 is 0 Å². The molecule has 7 nitrogen and oxygen atoms in total. The number of nitrogens with one attached hydrogen (secondary N) is 1. The van der Waals surface area contributed by atoms with Crippen molar-refractivity contribution in [2.45, 2.75) is 12.8 Å². The summed E-state index contributed by atoms with van der Waals surface area (Å²) in [5.74, 6) is 6.59. The molecule has 1 fully saturated rings. The lowest BCUT2D eigenvalue weighted by Gasteiger charge is -2.31. The molecular formula is C19H17N4O3-. The predicted octanol–water partition coefficient (Wildman–Crippen LogP) is 3.48. The van der Waals surface area contributed by atoms with Crippen LogP contribution in [-0.2, 0) is 0 Å². The van der Waals surface area contributed by atoms with Gasteiger partial charge in [-0.1, -0.05) is 23.5 Å². The first-order chi connectivity index (χ1) is 12.7. The molecule has 0 amide bonds. The van der Waals surface area contributed by atoms with Crippen LogP contribution in [0.2, 0.25) is 0 Å². The number of nitro groups is 1. The van der Waals surface area contributed by atoms with Crippen molar-refractivity contribution < 1.29 is 4.92 Å². The summed E-state index contributed by atoms with van der Waals surface area (Å²) in [6.07, 6.45) is 5.21. The first-order valence-corrected chi connectivity index (χ1v) is 8.19. The number of pyridine rings is 1. The Morgan fingerprint density at radius 3 is 2.77 bits per heavy atom. The van der Waals surface area contributed by atoms with Crippen molar-refractivity contribution >= 4 is 17.2 Å². The molecule has 1 aliphatic rings. The van der Waals surface area contributed by atoms with E-state index in [4.69, 9.17) is 0 Å². The Morgan fingerprint density at radius 1 is 1.23 bits per heavy atom. The predicted molar refractivity (Wildman–Crippen MR) is 101 cm³/mol. The Hall–Kier alpha value is -3.37. The fourth-order valence-corrected chi connectivity index (χ4v) is 2.80. The van der Waals surface area contributed by atoms with Crippen molar-refractivity contribution in [2.24, 2.45) is 0 Å². The smallest absolute Gasteiger partial charge is 0.270 e. The molecule has 0 atom stereocenters. The molecule has 1 N–H and O–H groups in total. The summed E-state index contributed by atoms with van der Waals surface area (Å²) in [5, 5.41) is 21.8. The molecule has 0 radical (unpaired) electrons. The number of allylic oxidation sites excluding steroid dienone is 1. The maximum Gasteiger partial charge on any atom is 0.270 e. The zero-order valence-electron chi connectivity index (χ0n) is 14.0. The van der Waals surface area contributed by atoms with Gasteiger partial charge in [0.2, 0.25) is 0 Å². The quantitative estimate of drug-likeness (QED) is 0.518. The van der Waals surface area contributed by atoms with Gasteiger partial charge < -0.3 is 15.6 Å². The van der Waals surface area contributed by atoms with E-state index in [-0.39, 0.29) is 5.69 Å². The Labute approximate surface area is 151 Å². The largest absolute Gasteiger partial charge is 0.761 e. The van der Waals surface area contributed by atoms with Crippen molar-refractivity contribution in [3.05, 3.63) is 75.1 Å². The van der Waals surface area contributed by atoms with Gasteiger partial charge in [0.05, 0.1) is 10.6 Å². The molecule has 3 rings (SSSR count). The molecule has 0 unspecified atom stereocenters. The Morgan fingerprint density at radius 2 is 2.04 bits per heavy atom. The highest BCUT2D eigenvalue weighted by molar-refractivity contribution is 5.66. The van der Waals surface area contributed by atoms with E-state index in [1.807, 2.05) is 11.6 Å². The Bertz CT molecular complexity index is 889. The Kier molecular flexibility index (Phi) is 5.46. The van der Waals surface area contributed by atoms with Crippen LogP contribution in [0.1, 0.15) is 18.4 Å². The molecule has 1 aromatic heterocycles. The van der Waals surface area contributed by atoms with Crippen LogP contribution in [-0.4, -0.2) is 23.0 Å². The molecule has 7 heteroatoms. The molecule has 2 heterocycles. The van der Waals surface area contributed by atoms with Gasteiger partial charge in [-0.3, -0.25) is 10.1 Å². The van der Waals surface area contributed by atoms with Gasteiger partial charge in [-0.2, -0.15) is 0 Å². The summed E-state index contributed by atoms with van der Waals surface area (Å²) < 4.78 is 0. The molecule has 132 valence electrons. The minimum absolute atomic E-state index is 0.0379. The van der Waals surface area contributed by atoms with Crippen LogP contribution in [0, 0.1) is 27.2 Å². The summed E-state index contributed by atoms with van der Waals surface area (Å²) >= 11 is 0.